The number of ketones is 1. The summed E-state index contributed by atoms with van der Waals surface area (Å²) in [6.07, 6.45) is -3.99. The number of hydrogen-bond acceptors (Lipinski definition) is 2. The zero-order valence-corrected chi connectivity index (χ0v) is 12.6. The Morgan fingerprint density at radius 3 is 2.48 bits per heavy atom. The number of nitrogens with zero attached hydrogens (tertiary/aromatic N) is 1. The second-order valence-corrected chi connectivity index (χ2v) is 5.42. The minimum absolute atomic E-state index is 0. The summed E-state index contributed by atoms with van der Waals surface area (Å²) < 4.78 is 37.8. The Balaban J connectivity index is 0.00000220. The fraction of sp³-hybridized carbons (Fsp3) is 0.533. The fourth-order valence-electron chi connectivity index (χ4n) is 2.62. The Morgan fingerprint density at radius 1 is 1.33 bits per heavy atom. The van der Waals surface area contributed by atoms with Gasteiger partial charge in [0, 0.05) is 24.6 Å². The summed E-state index contributed by atoms with van der Waals surface area (Å²) in [5.41, 5.74) is 0.617. The van der Waals surface area contributed by atoms with Gasteiger partial charge in [-0.15, -0.1) is 12.4 Å². The second kappa shape index (κ2) is 7.27. The molecular formula is C15H19ClF3NO. The lowest BCUT2D eigenvalue weighted by Crippen LogP contribution is -2.32. The predicted octanol–water partition coefficient (Wildman–Crippen LogP) is 3.81. The van der Waals surface area contributed by atoms with E-state index in [4.69, 9.17) is 0 Å². The number of hydrogen-bond donors (Lipinski definition) is 0. The van der Waals surface area contributed by atoms with Gasteiger partial charge in [-0.05, 0) is 13.0 Å². The van der Waals surface area contributed by atoms with Crippen molar-refractivity contribution in [3.63, 3.8) is 0 Å². The Hall–Kier alpha value is -1.07. The van der Waals surface area contributed by atoms with Gasteiger partial charge in [-0.3, -0.25) is 4.79 Å². The van der Waals surface area contributed by atoms with E-state index in [1.807, 2.05) is 6.07 Å². The molecule has 0 N–H and O–H groups in total. The number of alkyl halides is 3. The number of carbonyl (C=O) groups is 1. The molecule has 1 aromatic rings. The molecule has 1 saturated heterocycles. The van der Waals surface area contributed by atoms with E-state index in [-0.39, 0.29) is 37.1 Å². The maximum absolute atomic E-state index is 12.6. The summed E-state index contributed by atoms with van der Waals surface area (Å²) >= 11 is 0. The summed E-state index contributed by atoms with van der Waals surface area (Å²) in [5.74, 6) is -1.55. The Morgan fingerprint density at radius 2 is 1.95 bits per heavy atom. The third kappa shape index (κ3) is 4.71. The molecule has 1 heterocycles. The quantitative estimate of drug-likeness (QED) is 0.786. The van der Waals surface area contributed by atoms with Crippen LogP contribution >= 0.6 is 12.4 Å². The van der Waals surface area contributed by atoms with E-state index < -0.39 is 12.1 Å². The molecule has 0 amide bonds. The van der Waals surface area contributed by atoms with Crippen LogP contribution in [0.1, 0.15) is 23.7 Å². The zero-order chi connectivity index (χ0) is 14.8. The van der Waals surface area contributed by atoms with Gasteiger partial charge in [0.15, 0.2) is 5.78 Å². The molecule has 1 aliphatic rings. The Bertz CT molecular complexity index is 464. The van der Waals surface area contributed by atoms with Crippen LogP contribution < -0.4 is 0 Å². The monoisotopic (exact) mass is 321 g/mol. The minimum atomic E-state index is -4.12. The first kappa shape index (κ1) is 18.0. The number of halogens is 4. The Labute approximate surface area is 128 Å². The lowest BCUT2D eigenvalue weighted by atomic mass is 9.99. The van der Waals surface area contributed by atoms with E-state index in [0.717, 1.165) is 0 Å². The molecule has 0 aromatic heterocycles. The van der Waals surface area contributed by atoms with E-state index in [2.05, 4.69) is 0 Å². The topological polar surface area (TPSA) is 20.3 Å². The minimum Gasteiger partial charge on any atom is -0.302 e. The molecule has 0 spiro atoms. The summed E-state index contributed by atoms with van der Waals surface area (Å²) in [7, 11) is 0. The summed E-state index contributed by atoms with van der Waals surface area (Å²) in [4.78, 5) is 13.9. The third-order valence-corrected chi connectivity index (χ3v) is 3.77. The highest BCUT2D eigenvalue weighted by molar-refractivity contribution is 5.97. The molecule has 2 rings (SSSR count). The van der Waals surface area contributed by atoms with E-state index in [1.54, 1.807) is 36.1 Å². The van der Waals surface area contributed by atoms with Crippen molar-refractivity contribution in [1.82, 2.24) is 4.90 Å². The average molecular weight is 322 g/mol. The van der Waals surface area contributed by atoms with E-state index in [0.29, 0.717) is 18.7 Å². The van der Waals surface area contributed by atoms with Crippen molar-refractivity contribution in [2.75, 3.05) is 19.6 Å². The predicted molar refractivity (Wildman–Crippen MR) is 77.8 cm³/mol. The van der Waals surface area contributed by atoms with Gasteiger partial charge >= 0.3 is 6.18 Å². The van der Waals surface area contributed by atoms with Crippen LogP contribution in [0.2, 0.25) is 0 Å². The number of rotatable bonds is 4. The van der Waals surface area contributed by atoms with Gasteiger partial charge in [0.25, 0.3) is 0 Å². The van der Waals surface area contributed by atoms with Gasteiger partial charge in [0.1, 0.15) is 0 Å². The van der Waals surface area contributed by atoms with Crippen molar-refractivity contribution < 1.29 is 18.0 Å². The number of carbonyl (C=O) groups excluding carboxylic acids is 1. The van der Waals surface area contributed by atoms with E-state index in [1.165, 1.54) is 0 Å². The maximum Gasteiger partial charge on any atom is 0.393 e. The van der Waals surface area contributed by atoms with Crippen LogP contribution in [0, 0.1) is 11.8 Å². The molecule has 1 aliphatic heterocycles. The first-order valence-corrected chi connectivity index (χ1v) is 6.76. The third-order valence-electron chi connectivity index (χ3n) is 3.77. The van der Waals surface area contributed by atoms with Crippen LogP contribution in [0.15, 0.2) is 30.3 Å². The van der Waals surface area contributed by atoms with Gasteiger partial charge in [-0.1, -0.05) is 37.3 Å². The van der Waals surface area contributed by atoms with Gasteiger partial charge < -0.3 is 4.90 Å². The molecule has 0 aliphatic carbocycles. The molecule has 0 radical (unpaired) electrons. The van der Waals surface area contributed by atoms with Gasteiger partial charge in [0.2, 0.25) is 0 Å². The molecule has 1 unspecified atom stereocenters. The lowest BCUT2D eigenvalue weighted by Gasteiger charge is -2.21. The molecular weight excluding hydrogens is 303 g/mol. The summed E-state index contributed by atoms with van der Waals surface area (Å²) in [5, 5.41) is 0. The highest BCUT2D eigenvalue weighted by Gasteiger charge is 2.43. The largest absolute Gasteiger partial charge is 0.393 e. The van der Waals surface area contributed by atoms with Crippen molar-refractivity contribution in [1.29, 1.82) is 0 Å². The molecule has 6 heteroatoms. The summed E-state index contributed by atoms with van der Waals surface area (Å²) in [6.45, 7) is 2.59. The Kier molecular flexibility index (Phi) is 6.23. The first-order valence-electron chi connectivity index (χ1n) is 6.76. The molecule has 0 bridgehead atoms. The highest BCUT2D eigenvalue weighted by Crippen LogP contribution is 2.33. The molecule has 0 saturated carbocycles. The molecule has 2 atom stereocenters. The molecule has 1 fully saturated rings. The van der Waals surface area contributed by atoms with Crippen molar-refractivity contribution in [3.8, 4) is 0 Å². The highest BCUT2D eigenvalue weighted by atomic mass is 35.5. The second-order valence-electron chi connectivity index (χ2n) is 5.42. The van der Waals surface area contributed by atoms with Crippen LogP contribution in [0.25, 0.3) is 0 Å². The standard InChI is InChI=1S/C15H18F3NO.ClH/c1-11(14(20)12-5-3-2-4-6-12)9-19-8-7-13(10-19)15(16,17)18;/h2-6,11,13H,7-10H2,1H3;1H/t11?,13-;/m1./s1. The van der Waals surface area contributed by atoms with Crippen molar-refractivity contribution in [2.24, 2.45) is 11.8 Å². The lowest BCUT2D eigenvalue weighted by molar-refractivity contribution is -0.170. The number of benzene rings is 1. The van der Waals surface area contributed by atoms with Crippen molar-refractivity contribution in [2.45, 2.75) is 19.5 Å². The molecule has 21 heavy (non-hydrogen) atoms. The van der Waals surface area contributed by atoms with E-state index >= 15 is 0 Å². The molecule has 2 nitrogen and oxygen atoms in total. The zero-order valence-electron chi connectivity index (χ0n) is 11.8. The van der Waals surface area contributed by atoms with Crippen LogP contribution in [-0.2, 0) is 0 Å². The smallest absolute Gasteiger partial charge is 0.302 e. The molecule has 118 valence electrons. The first-order chi connectivity index (χ1) is 9.38. The van der Waals surface area contributed by atoms with Gasteiger partial charge in [-0.2, -0.15) is 13.2 Å². The van der Waals surface area contributed by atoms with Crippen LogP contribution in [0.4, 0.5) is 13.2 Å². The number of likely N-dealkylation sites (tertiary alicyclic amines) is 1. The van der Waals surface area contributed by atoms with Crippen molar-refractivity contribution in [3.05, 3.63) is 35.9 Å². The number of Topliss-reactive ketones (excluding diaryl/α,β-unsaturated/α-hetero) is 1. The molecule has 1 aromatic carbocycles. The normalized spacial score (nSPS) is 20.9. The SMILES string of the molecule is CC(CN1CC[C@@H](C(F)(F)F)C1)C(=O)c1ccccc1.Cl. The summed E-state index contributed by atoms with van der Waals surface area (Å²) in [6, 6.07) is 8.88. The van der Waals surface area contributed by atoms with E-state index in [9.17, 15) is 18.0 Å². The maximum atomic E-state index is 12.6. The van der Waals surface area contributed by atoms with Crippen LogP contribution in [0.3, 0.4) is 0 Å². The van der Waals surface area contributed by atoms with Gasteiger partial charge in [-0.25, -0.2) is 0 Å². The van der Waals surface area contributed by atoms with Gasteiger partial charge in [0.05, 0.1) is 5.92 Å². The van der Waals surface area contributed by atoms with Crippen molar-refractivity contribution >= 4 is 18.2 Å². The average Bonchev–Trinajstić information content (AvgIpc) is 2.87. The fourth-order valence-corrected chi connectivity index (χ4v) is 2.62. The van der Waals surface area contributed by atoms with Crippen LogP contribution in [0.5, 0.6) is 0 Å². The van der Waals surface area contributed by atoms with Crippen LogP contribution in [-0.4, -0.2) is 36.5 Å².